The maximum Gasteiger partial charge on any atom is 0.245 e. The van der Waals surface area contributed by atoms with E-state index in [0.29, 0.717) is 25.4 Å². The quantitative estimate of drug-likeness (QED) is 0.767. The molecule has 2 heterocycles. The Bertz CT molecular complexity index is 732. The van der Waals surface area contributed by atoms with E-state index in [0.717, 1.165) is 51.2 Å². The molecule has 1 aliphatic carbocycles. The van der Waals surface area contributed by atoms with Crippen LogP contribution in [0.15, 0.2) is 24.3 Å². The maximum atomic E-state index is 13.0. The second kappa shape index (κ2) is 7.83. The van der Waals surface area contributed by atoms with E-state index in [1.807, 2.05) is 0 Å². The predicted molar refractivity (Wildman–Crippen MR) is 102 cm³/mol. The molecule has 0 aromatic heterocycles. The van der Waals surface area contributed by atoms with Crippen molar-refractivity contribution in [1.29, 1.82) is 0 Å². The first-order valence-electron chi connectivity index (χ1n) is 10.3. The van der Waals surface area contributed by atoms with Crippen LogP contribution in [0, 0.1) is 5.92 Å². The number of hydrogen-bond acceptors (Lipinski definition) is 3. The number of likely N-dealkylation sites (tertiary alicyclic amines) is 2. The van der Waals surface area contributed by atoms with E-state index in [2.05, 4.69) is 24.3 Å². The molecule has 0 saturated carbocycles. The van der Waals surface area contributed by atoms with Gasteiger partial charge in [0.05, 0.1) is 6.04 Å². The van der Waals surface area contributed by atoms with Crippen molar-refractivity contribution < 1.29 is 14.4 Å². The molecule has 1 aromatic rings. The van der Waals surface area contributed by atoms with Crippen LogP contribution in [0.5, 0.6) is 0 Å². The molecular formula is C22H28N2O3. The minimum atomic E-state index is -0.367. The average molecular weight is 368 g/mol. The van der Waals surface area contributed by atoms with Crippen LogP contribution in [0.4, 0.5) is 0 Å². The Morgan fingerprint density at radius 1 is 1.00 bits per heavy atom. The van der Waals surface area contributed by atoms with E-state index < -0.39 is 0 Å². The van der Waals surface area contributed by atoms with Crippen molar-refractivity contribution in [2.75, 3.05) is 13.1 Å². The Morgan fingerprint density at radius 3 is 2.56 bits per heavy atom. The van der Waals surface area contributed by atoms with Gasteiger partial charge in [-0.1, -0.05) is 24.3 Å². The third-order valence-electron chi connectivity index (χ3n) is 6.51. The van der Waals surface area contributed by atoms with Crippen LogP contribution in [-0.2, 0) is 27.2 Å². The van der Waals surface area contributed by atoms with Gasteiger partial charge in [0.2, 0.25) is 11.8 Å². The summed E-state index contributed by atoms with van der Waals surface area (Å²) in [4.78, 5) is 40.7. The molecule has 5 heteroatoms. The van der Waals surface area contributed by atoms with Crippen molar-refractivity contribution in [2.24, 2.45) is 5.92 Å². The molecule has 2 aliphatic heterocycles. The normalized spacial score (nSPS) is 27.5. The first kappa shape index (κ1) is 18.2. The fourth-order valence-corrected chi connectivity index (χ4v) is 5.03. The number of carbonyl (C=O) groups excluding carboxylic acids is 3. The van der Waals surface area contributed by atoms with E-state index in [9.17, 15) is 14.4 Å². The van der Waals surface area contributed by atoms with E-state index in [1.54, 1.807) is 9.80 Å². The molecule has 0 N–H and O–H groups in total. The topological polar surface area (TPSA) is 57.7 Å². The zero-order valence-electron chi connectivity index (χ0n) is 15.8. The largest absolute Gasteiger partial charge is 0.331 e. The Hall–Kier alpha value is -2.17. The number of carbonyl (C=O) groups is 3. The van der Waals surface area contributed by atoms with Crippen LogP contribution in [-0.4, -0.2) is 53.1 Å². The van der Waals surface area contributed by atoms with Crippen molar-refractivity contribution in [2.45, 2.75) is 63.5 Å². The minimum Gasteiger partial charge on any atom is -0.331 e. The van der Waals surface area contributed by atoms with Crippen LogP contribution >= 0.6 is 0 Å². The van der Waals surface area contributed by atoms with Gasteiger partial charge in [-0.25, -0.2) is 0 Å². The van der Waals surface area contributed by atoms with Gasteiger partial charge in [-0.05, 0) is 62.0 Å². The summed E-state index contributed by atoms with van der Waals surface area (Å²) in [5.74, 6) is 0.444. The van der Waals surface area contributed by atoms with Gasteiger partial charge in [-0.2, -0.15) is 0 Å². The molecule has 27 heavy (non-hydrogen) atoms. The fraction of sp³-hybridized carbons (Fsp3) is 0.591. The van der Waals surface area contributed by atoms with Gasteiger partial charge in [-0.3, -0.25) is 9.59 Å². The lowest BCUT2D eigenvalue weighted by Crippen LogP contribution is -2.49. The predicted octanol–water partition coefficient (Wildman–Crippen LogP) is 2.36. The molecule has 0 unspecified atom stereocenters. The third-order valence-corrected chi connectivity index (χ3v) is 6.51. The van der Waals surface area contributed by atoms with Gasteiger partial charge >= 0.3 is 0 Å². The molecule has 2 fully saturated rings. The lowest BCUT2D eigenvalue weighted by Gasteiger charge is -2.31. The van der Waals surface area contributed by atoms with Crippen LogP contribution in [0.3, 0.4) is 0 Å². The standard InChI is InChI=1S/C22H28N2O3/c25-15-19-7-3-11-23(19)22(27)20-8-4-12-24(20)21(26)14-16-9-10-17-5-1-2-6-18(17)13-16/h1-2,5-6,15-16,19-20H,3-4,7-14H2/t16-,19+,20+/m1/s1. The highest BCUT2D eigenvalue weighted by atomic mass is 16.2. The number of benzene rings is 1. The molecule has 3 aliphatic rings. The number of aryl methyl sites for hydroxylation is 1. The lowest BCUT2D eigenvalue weighted by atomic mass is 9.82. The monoisotopic (exact) mass is 368 g/mol. The molecule has 0 radical (unpaired) electrons. The highest BCUT2D eigenvalue weighted by molar-refractivity contribution is 5.90. The van der Waals surface area contributed by atoms with E-state index >= 15 is 0 Å². The van der Waals surface area contributed by atoms with Gasteiger partial charge in [0, 0.05) is 19.5 Å². The number of aldehydes is 1. The van der Waals surface area contributed by atoms with Gasteiger partial charge < -0.3 is 14.6 Å². The molecule has 2 saturated heterocycles. The molecule has 4 rings (SSSR count). The SMILES string of the molecule is O=C[C@@H]1CCCN1C(=O)[C@@H]1CCCN1C(=O)C[C@@H]1CCc2ccccc2C1. The van der Waals surface area contributed by atoms with Crippen LogP contribution in [0.25, 0.3) is 0 Å². The summed E-state index contributed by atoms with van der Waals surface area (Å²) in [6, 6.07) is 7.83. The zero-order valence-corrected chi connectivity index (χ0v) is 15.8. The zero-order chi connectivity index (χ0) is 18.8. The van der Waals surface area contributed by atoms with Crippen molar-refractivity contribution in [3.05, 3.63) is 35.4 Å². The van der Waals surface area contributed by atoms with Gasteiger partial charge in [0.25, 0.3) is 0 Å². The summed E-state index contributed by atoms with van der Waals surface area (Å²) in [5, 5.41) is 0. The minimum absolute atomic E-state index is 0.0237. The van der Waals surface area contributed by atoms with Gasteiger partial charge in [0.1, 0.15) is 12.3 Å². The number of hydrogen-bond donors (Lipinski definition) is 0. The maximum absolute atomic E-state index is 13.0. The summed E-state index contributed by atoms with van der Waals surface area (Å²) in [5.41, 5.74) is 2.77. The number of rotatable bonds is 4. The van der Waals surface area contributed by atoms with Crippen molar-refractivity contribution in [3.63, 3.8) is 0 Å². The smallest absolute Gasteiger partial charge is 0.245 e. The summed E-state index contributed by atoms with van der Waals surface area (Å²) < 4.78 is 0. The Kier molecular flexibility index (Phi) is 5.28. The average Bonchev–Trinajstić information content (AvgIpc) is 3.36. The summed E-state index contributed by atoms with van der Waals surface area (Å²) in [7, 11) is 0. The first-order valence-corrected chi connectivity index (χ1v) is 10.3. The molecule has 5 nitrogen and oxygen atoms in total. The Morgan fingerprint density at radius 2 is 1.74 bits per heavy atom. The van der Waals surface area contributed by atoms with Crippen LogP contribution < -0.4 is 0 Å². The first-order chi connectivity index (χ1) is 13.2. The Labute approximate surface area is 160 Å². The van der Waals surface area contributed by atoms with Crippen LogP contribution in [0.1, 0.15) is 49.7 Å². The summed E-state index contributed by atoms with van der Waals surface area (Å²) >= 11 is 0. The fourth-order valence-electron chi connectivity index (χ4n) is 5.03. The number of nitrogens with zero attached hydrogens (tertiary/aromatic N) is 2. The van der Waals surface area contributed by atoms with Crippen molar-refractivity contribution in [3.8, 4) is 0 Å². The third kappa shape index (κ3) is 3.64. The highest BCUT2D eigenvalue weighted by Crippen LogP contribution is 2.30. The second-order valence-electron chi connectivity index (χ2n) is 8.20. The van der Waals surface area contributed by atoms with Crippen molar-refractivity contribution >= 4 is 18.1 Å². The van der Waals surface area contributed by atoms with Crippen LogP contribution in [0.2, 0.25) is 0 Å². The van der Waals surface area contributed by atoms with Crippen molar-refractivity contribution in [1.82, 2.24) is 9.80 Å². The molecular weight excluding hydrogens is 340 g/mol. The van der Waals surface area contributed by atoms with E-state index in [-0.39, 0.29) is 23.9 Å². The number of amides is 2. The van der Waals surface area contributed by atoms with Gasteiger partial charge in [0.15, 0.2) is 0 Å². The molecule has 1 aromatic carbocycles. The molecule has 0 spiro atoms. The molecule has 2 amide bonds. The summed E-state index contributed by atoms with van der Waals surface area (Å²) in [6.07, 6.45) is 7.64. The van der Waals surface area contributed by atoms with E-state index in [1.165, 1.54) is 11.1 Å². The lowest BCUT2D eigenvalue weighted by molar-refractivity contribution is -0.145. The van der Waals surface area contributed by atoms with Gasteiger partial charge in [-0.15, -0.1) is 0 Å². The highest BCUT2D eigenvalue weighted by Gasteiger charge is 2.40. The number of fused-ring (bicyclic) bond motifs is 1. The molecule has 144 valence electrons. The second-order valence-corrected chi connectivity index (χ2v) is 8.20. The van der Waals surface area contributed by atoms with E-state index in [4.69, 9.17) is 0 Å². The molecule has 3 atom stereocenters. The summed E-state index contributed by atoms with van der Waals surface area (Å²) in [6.45, 7) is 1.30. The molecule has 0 bridgehead atoms. The Balaban J connectivity index is 1.39.